The zero-order chi connectivity index (χ0) is 18.9. The van der Waals surface area contributed by atoms with Crippen LogP contribution in [0.1, 0.15) is 31.2 Å². The van der Waals surface area contributed by atoms with E-state index in [9.17, 15) is 5.26 Å². The van der Waals surface area contributed by atoms with Crippen LogP contribution in [-0.2, 0) is 0 Å². The van der Waals surface area contributed by atoms with E-state index in [1.54, 1.807) is 0 Å². The molecule has 0 atom stereocenters. The molecule has 1 fully saturated rings. The molecular weight excluding hydrogens is 344 g/mol. The van der Waals surface area contributed by atoms with E-state index in [0.29, 0.717) is 5.56 Å². The Morgan fingerprint density at radius 1 is 0.857 bits per heavy atom. The Morgan fingerprint density at radius 2 is 1.57 bits per heavy atom. The third-order valence-electron chi connectivity index (χ3n) is 5.68. The molecule has 0 bridgehead atoms. The van der Waals surface area contributed by atoms with Crippen molar-refractivity contribution < 1.29 is 0 Å². The standard InChI is InChI=1S/C24H22N4/c25-17-20-19(18-10-4-3-5-11-18)16-23(27-14-8-1-2-9-15-27)28-22-13-7-6-12-21(22)26-24(20)28/h3-7,10-13,16H,1-2,8-9,14-15H2. The van der Waals surface area contributed by atoms with Gasteiger partial charge in [-0.2, -0.15) is 5.26 Å². The van der Waals surface area contributed by atoms with Crippen LogP contribution in [0.3, 0.4) is 0 Å². The quantitative estimate of drug-likeness (QED) is 0.477. The number of aromatic nitrogens is 2. The summed E-state index contributed by atoms with van der Waals surface area (Å²) in [7, 11) is 0. The van der Waals surface area contributed by atoms with Gasteiger partial charge in [0.15, 0.2) is 5.65 Å². The SMILES string of the molecule is N#Cc1c(-c2ccccc2)cc(N2CCCCCC2)n2c1nc1ccccc12. The Kier molecular flexibility index (Phi) is 4.21. The minimum Gasteiger partial charge on any atom is -0.358 e. The summed E-state index contributed by atoms with van der Waals surface area (Å²) in [5.74, 6) is 1.14. The van der Waals surface area contributed by atoms with E-state index in [-0.39, 0.29) is 0 Å². The van der Waals surface area contributed by atoms with Gasteiger partial charge in [-0.3, -0.25) is 4.40 Å². The number of pyridine rings is 1. The molecule has 0 saturated carbocycles. The van der Waals surface area contributed by atoms with Gasteiger partial charge in [0.05, 0.1) is 11.0 Å². The molecular formula is C24H22N4. The predicted molar refractivity (Wildman–Crippen MR) is 114 cm³/mol. The summed E-state index contributed by atoms with van der Waals surface area (Å²) in [5, 5.41) is 10.0. The molecule has 4 aromatic rings. The van der Waals surface area contributed by atoms with Crippen molar-refractivity contribution in [2.45, 2.75) is 25.7 Å². The summed E-state index contributed by atoms with van der Waals surface area (Å²) in [6.45, 7) is 2.09. The molecule has 1 aliphatic heterocycles. The number of nitrogens with zero attached hydrogens (tertiary/aromatic N) is 4. The molecule has 138 valence electrons. The molecule has 0 amide bonds. The van der Waals surface area contributed by atoms with Gasteiger partial charge in [-0.25, -0.2) is 4.98 Å². The summed E-state index contributed by atoms with van der Waals surface area (Å²) >= 11 is 0. The van der Waals surface area contributed by atoms with Crippen molar-refractivity contribution in [3.63, 3.8) is 0 Å². The maximum absolute atomic E-state index is 10.0. The molecule has 0 unspecified atom stereocenters. The number of fused-ring (bicyclic) bond motifs is 3. The molecule has 1 aliphatic rings. The van der Waals surface area contributed by atoms with Crippen LogP contribution in [-0.4, -0.2) is 22.5 Å². The van der Waals surface area contributed by atoms with Gasteiger partial charge in [-0.05, 0) is 36.6 Å². The molecule has 3 heterocycles. The Labute approximate surface area is 164 Å². The topological polar surface area (TPSA) is 44.3 Å². The Morgan fingerprint density at radius 3 is 2.32 bits per heavy atom. The van der Waals surface area contributed by atoms with Crippen LogP contribution in [0.4, 0.5) is 5.82 Å². The smallest absolute Gasteiger partial charge is 0.158 e. The second kappa shape index (κ2) is 7.01. The van der Waals surface area contributed by atoms with E-state index in [0.717, 1.165) is 46.7 Å². The third kappa shape index (κ3) is 2.71. The number of rotatable bonds is 2. The summed E-state index contributed by atoms with van der Waals surface area (Å²) < 4.78 is 2.19. The highest BCUT2D eigenvalue weighted by atomic mass is 15.2. The number of benzene rings is 2. The van der Waals surface area contributed by atoms with Crippen molar-refractivity contribution in [1.82, 2.24) is 9.38 Å². The molecule has 0 aliphatic carbocycles. The van der Waals surface area contributed by atoms with Gasteiger partial charge in [0.25, 0.3) is 0 Å². The lowest BCUT2D eigenvalue weighted by Gasteiger charge is -2.25. The summed E-state index contributed by atoms with van der Waals surface area (Å²) in [6.07, 6.45) is 4.97. The van der Waals surface area contributed by atoms with Gasteiger partial charge in [0, 0.05) is 18.7 Å². The van der Waals surface area contributed by atoms with Crippen LogP contribution in [0, 0.1) is 11.3 Å². The van der Waals surface area contributed by atoms with Crippen molar-refractivity contribution in [3.05, 3.63) is 66.2 Å². The fraction of sp³-hybridized carbons (Fsp3) is 0.250. The van der Waals surface area contributed by atoms with Crippen LogP contribution in [0.15, 0.2) is 60.7 Å². The molecule has 2 aromatic carbocycles. The van der Waals surface area contributed by atoms with E-state index < -0.39 is 0 Å². The number of anilines is 1. The van der Waals surface area contributed by atoms with E-state index >= 15 is 0 Å². The second-order valence-electron chi connectivity index (χ2n) is 7.43. The van der Waals surface area contributed by atoms with Gasteiger partial charge < -0.3 is 4.90 Å². The molecule has 0 spiro atoms. The lowest BCUT2D eigenvalue weighted by molar-refractivity contribution is 0.726. The number of nitriles is 1. The molecule has 2 aromatic heterocycles. The third-order valence-corrected chi connectivity index (χ3v) is 5.68. The summed E-state index contributed by atoms with van der Waals surface area (Å²) in [4.78, 5) is 7.34. The van der Waals surface area contributed by atoms with Crippen LogP contribution < -0.4 is 4.90 Å². The molecule has 1 saturated heterocycles. The number of imidazole rings is 1. The fourth-order valence-corrected chi connectivity index (χ4v) is 4.30. The minimum atomic E-state index is 0.640. The van der Waals surface area contributed by atoms with Crippen LogP contribution in [0.2, 0.25) is 0 Å². The maximum Gasteiger partial charge on any atom is 0.158 e. The lowest BCUT2D eigenvalue weighted by Crippen LogP contribution is -2.26. The van der Waals surface area contributed by atoms with Crippen molar-refractivity contribution in [1.29, 1.82) is 5.26 Å². The van der Waals surface area contributed by atoms with Crippen LogP contribution in [0.25, 0.3) is 27.8 Å². The highest BCUT2D eigenvalue weighted by molar-refractivity contribution is 5.89. The molecule has 0 N–H and O–H groups in total. The Bertz CT molecular complexity index is 1180. The van der Waals surface area contributed by atoms with E-state index in [4.69, 9.17) is 4.98 Å². The average molecular weight is 366 g/mol. The average Bonchev–Trinajstić information content (AvgIpc) is 2.93. The second-order valence-corrected chi connectivity index (χ2v) is 7.43. The van der Waals surface area contributed by atoms with E-state index in [1.165, 1.54) is 25.7 Å². The summed E-state index contributed by atoms with van der Waals surface area (Å²) in [5.41, 5.74) is 5.41. The van der Waals surface area contributed by atoms with Gasteiger partial charge in [0.2, 0.25) is 0 Å². The fourth-order valence-electron chi connectivity index (χ4n) is 4.30. The van der Waals surface area contributed by atoms with Crippen molar-refractivity contribution in [2.24, 2.45) is 0 Å². The lowest BCUT2D eigenvalue weighted by atomic mass is 10.0. The van der Waals surface area contributed by atoms with Gasteiger partial charge in [0.1, 0.15) is 17.5 Å². The molecule has 28 heavy (non-hydrogen) atoms. The van der Waals surface area contributed by atoms with Gasteiger partial charge >= 0.3 is 0 Å². The highest BCUT2D eigenvalue weighted by Gasteiger charge is 2.21. The largest absolute Gasteiger partial charge is 0.358 e. The zero-order valence-electron chi connectivity index (χ0n) is 15.8. The first-order chi connectivity index (χ1) is 13.9. The maximum atomic E-state index is 10.0. The first-order valence-corrected chi connectivity index (χ1v) is 10.0. The number of hydrogen-bond acceptors (Lipinski definition) is 3. The van der Waals surface area contributed by atoms with Crippen molar-refractivity contribution in [3.8, 4) is 17.2 Å². The first kappa shape index (κ1) is 16.8. The molecule has 4 nitrogen and oxygen atoms in total. The Hall–Kier alpha value is -3.32. The molecule has 5 rings (SSSR count). The molecule has 4 heteroatoms. The van der Waals surface area contributed by atoms with Gasteiger partial charge in [-0.15, -0.1) is 0 Å². The van der Waals surface area contributed by atoms with E-state index in [2.05, 4.69) is 39.6 Å². The summed E-state index contributed by atoms with van der Waals surface area (Å²) in [6, 6.07) is 23.0. The Balaban J connectivity index is 1.87. The van der Waals surface area contributed by atoms with Crippen molar-refractivity contribution >= 4 is 22.5 Å². The van der Waals surface area contributed by atoms with Crippen LogP contribution >= 0.6 is 0 Å². The monoisotopic (exact) mass is 366 g/mol. The normalized spacial score (nSPS) is 14.9. The number of para-hydroxylation sites is 2. The van der Waals surface area contributed by atoms with Gasteiger partial charge in [-0.1, -0.05) is 55.3 Å². The zero-order valence-corrected chi connectivity index (χ0v) is 15.8. The van der Waals surface area contributed by atoms with E-state index in [1.807, 2.05) is 36.4 Å². The first-order valence-electron chi connectivity index (χ1n) is 10.0. The highest BCUT2D eigenvalue weighted by Crippen LogP contribution is 2.34. The predicted octanol–water partition coefficient (Wildman–Crippen LogP) is 5.41. The molecule has 0 radical (unpaired) electrons. The van der Waals surface area contributed by atoms with Crippen molar-refractivity contribution in [2.75, 3.05) is 18.0 Å². The number of hydrogen-bond donors (Lipinski definition) is 0. The minimum absolute atomic E-state index is 0.640. The van der Waals surface area contributed by atoms with Crippen LogP contribution in [0.5, 0.6) is 0 Å².